The van der Waals surface area contributed by atoms with Gasteiger partial charge < -0.3 is 9.73 Å². The van der Waals surface area contributed by atoms with Gasteiger partial charge in [-0.15, -0.1) is 11.3 Å². The van der Waals surface area contributed by atoms with Gasteiger partial charge in [0.15, 0.2) is 5.58 Å². The highest BCUT2D eigenvalue weighted by molar-refractivity contribution is 7.09. The average Bonchev–Trinajstić information content (AvgIpc) is 3.31. The van der Waals surface area contributed by atoms with Crippen LogP contribution in [-0.2, 0) is 12.6 Å². The van der Waals surface area contributed by atoms with Gasteiger partial charge in [-0.2, -0.15) is 13.2 Å². The third-order valence-electron chi connectivity index (χ3n) is 4.40. The molecular weight excluding hydrogens is 445 g/mol. The first kappa shape index (κ1) is 21.5. The predicted molar refractivity (Wildman–Crippen MR) is 113 cm³/mol. The Balaban J connectivity index is 1.69. The fourth-order valence-electron chi connectivity index (χ4n) is 2.98. The zero-order valence-electron chi connectivity index (χ0n) is 16.5. The molecule has 0 saturated heterocycles. The molecule has 2 aromatic heterocycles. The minimum absolute atomic E-state index is 0.0267. The van der Waals surface area contributed by atoms with E-state index in [1.165, 1.54) is 23.5 Å². The normalized spacial score (nSPS) is 12.3. The zero-order valence-corrected chi connectivity index (χ0v) is 17.3. The lowest BCUT2D eigenvalue weighted by atomic mass is 10.1. The van der Waals surface area contributed by atoms with Crippen LogP contribution < -0.4 is 11.1 Å². The molecule has 4 rings (SSSR count). The Bertz CT molecular complexity index is 1380. The SMILES string of the molecule is Cc1nc(C(=O)NC(Cc2ccc3[nH]c(=O)oc3c2)=Nc2cccc(C(F)(F)F)c2)cs1. The fourth-order valence-corrected chi connectivity index (χ4v) is 3.57. The Hall–Kier alpha value is -3.73. The minimum atomic E-state index is -4.52. The largest absolute Gasteiger partial charge is 0.417 e. The second kappa shape index (κ2) is 8.42. The first-order chi connectivity index (χ1) is 15.2. The van der Waals surface area contributed by atoms with Crippen molar-refractivity contribution in [2.45, 2.75) is 19.5 Å². The van der Waals surface area contributed by atoms with Crippen molar-refractivity contribution in [3.05, 3.63) is 80.2 Å². The number of aliphatic imine (C=N–C) groups is 1. The molecule has 0 aliphatic carbocycles. The highest BCUT2D eigenvalue weighted by Crippen LogP contribution is 2.31. The molecular formula is C21H15F3N4O3S. The quantitative estimate of drug-likeness (QED) is 0.343. The Labute approximate surface area is 182 Å². The van der Waals surface area contributed by atoms with Crippen molar-refractivity contribution in [3.8, 4) is 0 Å². The number of aromatic amines is 1. The zero-order chi connectivity index (χ0) is 22.9. The molecule has 0 aliphatic heterocycles. The molecule has 0 unspecified atom stereocenters. The van der Waals surface area contributed by atoms with Crippen LogP contribution in [0, 0.1) is 6.92 Å². The lowest BCUT2D eigenvalue weighted by Crippen LogP contribution is -2.32. The molecule has 4 aromatic rings. The minimum Gasteiger partial charge on any atom is -0.408 e. The number of H-pyrrole nitrogens is 1. The van der Waals surface area contributed by atoms with Gasteiger partial charge in [-0.3, -0.25) is 9.78 Å². The average molecular weight is 460 g/mol. The monoisotopic (exact) mass is 460 g/mol. The smallest absolute Gasteiger partial charge is 0.408 e. The van der Waals surface area contributed by atoms with E-state index < -0.39 is 23.4 Å². The number of aromatic nitrogens is 2. The maximum absolute atomic E-state index is 13.1. The molecule has 2 heterocycles. The summed E-state index contributed by atoms with van der Waals surface area (Å²) in [6.45, 7) is 1.75. The second-order valence-corrected chi connectivity index (χ2v) is 7.90. The van der Waals surface area contributed by atoms with Crippen LogP contribution in [0.5, 0.6) is 0 Å². The first-order valence-corrected chi connectivity index (χ1v) is 10.2. The molecule has 7 nitrogen and oxygen atoms in total. The van der Waals surface area contributed by atoms with Crippen LogP contribution in [0.4, 0.5) is 18.9 Å². The van der Waals surface area contributed by atoms with Gasteiger partial charge in [0, 0.05) is 11.8 Å². The maximum Gasteiger partial charge on any atom is 0.417 e. The van der Waals surface area contributed by atoms with E-state index in [9.17, 15) is 22.8 Å². The van der Waals surface area contributed by atoms with E-state index in [1.807, 2.05) is 0 Å². The van der Waals surface area contributed by atoms with Gasteiger partial charge in [0.2, 0.25) is 0 Å². The number of aryl methyl sites for hydroxylation is 1. The molecule has 0 saturated carbocycles. The number of rotatable bonds is 4. The van der Waals surface area contributed by atoms with E-state index in [4.69, 9.17) is 4.42 Å². The molecule has 2 N–H and O–H groups in total. The molecule has 11 heteroatoms. The number of carbonyl (C=O) groups is 1. The number of halogens is 3. The van der Waals surface area contributed by atoms with Crippen LogP contribution in [0.1, 0.15) is 26.6 Å². The van der Waals surface area contributed by atoms with Crippen molar-refractivity contribution in [2.75, 3.05) is 0 Å². The van der Waals surface area contributed by atoms with Crippen LogP contribution in [0.2, 0.25) is 0 Å². The summed E-state index contributed by atoms with van der Waals surface area (Å²) in [5.74, 6) is -1.03. The van der Waals surface area contributed by atoms with E-state index in [0.717, 1.165) is 12.1 Å². The van der Waals surface area contributed by atoms with Crippen LogP contribution in [0.3, 0.4) is 0 Å². The van der Waals surface area contributed by atoms with Gasteiger partial charge in [0.25, 0.3) is 5.91 Å². The van der Waals surface area contributed by atoms with E-state index in [2.05, 4.69) is 20.3 Å². The standard InChI is InChI=1S/C21H15F3N4O3S/c1-11-25-16(10-32-11)19(29)28-18(26-14-4-2-3-13(9-14)21(22,23)24)8-12-5-6-15-17(7-12)31-20(30)27-15/h2-7,9-10H,8H2,1H3,(H,27,30)(H,26,28,29). The van der Waals surface area contributed by atoms with Crippen molar-refractivity contribution in [3.63, 3.8) is 0 Å². The van der Waals surface area contributed by atoms with E-state index >= 15 is 0 Å². The Morgan fingerprint density at radius 2 is 2.06 bits per heavy atom. The van der Waals surface area contributed by atoms with E-state index in [0.29, 0.717) is 21.7 Å². The third kappa shape index (κ3) is 4.94. The van der Waals surface area contributed by atoms with Gasteiger partial charge in [0.05, 0.1) is 21.8 Å². The number of nitrogens with one attached hydrogen (secondary N) is 2. The van der Waals surface area contributed by atoms with Crippen molar-refractivity contribution in [1.29, 1.82) is 0 Å². The predicted octanol–water partition coefficient (Wildman–Crippen LogP) is 4.61. The number of fused-ring (bicyclic) bond motifs is 1. The van der Waals surface area contributed by atoms with Crippen molar-refractivity contribution in [2.24, 2.45) is 4.99 Å². The molecule has 0 aliphatic rings. The summed E-state index contributed by atoms with van der Waals surface area (Å²) in [5, 5.41) is 4.90. The Morgan fingerprint density at radius 3 is 2.78 bits per heavy atom. The number of alkyl halides is 3. The number of benzene rings is 2. The molecule has 0 bridgehead atoms. The summed E-state index contributed by atoms with van der Waals surface area (Å²) in [4.78, 5) is 34.9. The summed E-state index contributed by atoms with van der Waals surface area (Å²) in [5.41, 5.74) is 0.787. The number of amides is 1. The van der Waals surface area contributed by atoms with Crippen LogP contribution in [0.15, 0.2) is 62.0 Å². The number of amidine groups is 1. The van der Waals surface area contributed by atoms with E-state index in [1.54, 1.807) is 30.5 Å². The molecule has 164 valence electrons. The van der Waals surface area contributed by atoms with Crippen LogP contribution >= 0.6 is 11.3 Å². The van der Waals surface area contributed by atoms with Crippen molar-refractivity contribution < 1.29 is 22.4 Å². The second-order valence-electron chi connectivity index (χ2n) is 6.83. The van der Waals surface area contributed by atoms with Crippen molar-refractivity contribution in [1.82, 2.24) is 15.3 Å². The van der Waals surface area contributed by atoms with Crippen LogP contribution in [-0.4, -0.2) is 21.7 Å². The first-order valence-electron chi connectivity index (χ1n) is 9.27. The van der Waals surface area contributed by atoms with Gasteiger partial charge in [-0.25, -0.2) is 14.8 Å². The molecule has 0 spiro atoms. The molecule has 0 radical (unpaired) electrons. The summed E-state index contributed by atoms with van der Waals surface area (Å²) in [6, 6.07) is 9.39. The molecule has 2 aromatic carbocycles. The van der Waals surface area contributed by atoms with Gasteiger partial charge in [-0.05, 0) is 42.8 Å². The number of hydrogen-bond acceptors (Lipinski definition) is 6. The number of nitrogens with zero attached hydrogens (tertiary/aromatic N) is 2. The fraction of sp³-hybridized carbons (Fsp3) is 0.143. The highest BCUT2D eigenvalue weighted by Gasteiger charge is 2.30. The molecule has 1 amide bonds. The number of thiazole rings is 1. The molecule has 0 fully saturated rings. The van der Waals surface area contributed by atoms with Gasteiger partial charge in [0.1, 0.15) is 11.5 Å². The summed E-state index contributed by atoms with van der Waals surface area (Å²) < 4.78 is 44.3. The summed E-state index contributed by atoms with van der Waals surface area (Å²) >= 11 is 1.29. The lowest BCUT2D eigenvalue weighted by Gasteiger charge is -2.10. The maximum atomic E-state index is 13.1. The van der Waals surface area contributed by atoms with Crippen molar-refractivity contribution >= 4 is 39.9 Å². The number of carbonyl (C=O) groups excluding carboxylic acids is 1. The van der Waals surface area contributed by atoms with Crippen LogP contribution in [0.25, 0.3) is 11.1 Å². The highest BCUT2D eigenvalue weighted by atomic mass is 32.1. The van der Waals surface area contributed by atoms with Gasteiger partial charge in [-0.1, -0.05) is 12.1 Å². The number of oxazole rings is 1. The van der Waals surface area contributed by atoms with E-state index in [-0.39, 0.29) is 23.6 Å². The Morgan fingerprint density at radius 1 is 1.25 bits per heavy atom. The topological polar surface area (TPSA) is 100 Å². The lowest BCUT2D eigenvalue weighted by molar-refractivity contribution is -0.137. The van der Waals surface area contributed by atoms with Gasteiger partial charge >= 0.3 is 11.9 Å². The summed E-state index contributed by atoms with van der Waals surface area (Å²) in [7, 11) is 0. The number of hydrogen-bond donors (Lipinski definition) is 2. The summed E-state index contributed by atoms with van der Waals surface area (Å²) in [6.07, 6.45) is -4.46. The third-order valence-corrected chi connectivity index (χ3v) is 5.18. The molecule has 32 heavy (non-hydrogen) atoms. The Kier molecular flexibility index (Phi) is 5.66. The molecule has 0 atom stereocenters.